The highest BCUT2D eigenvalue weighted by Crippen LogP contribution is 2.12. The molecule has 194 valence electrons. The van der Waals surface area contributed by atoms with Gasteiger partial charge in [0.05, 0.1) is 12.5 Å². The monoisotopic (exact) mass is 494 g/mol. The first-order valence-electron chi connectivity index (χ1n) is 11.1. The molecule has 0 radical (unpaired) electrons. The van der Waals surface area contributed by atoms with E-state index in [1.165, 1.54) is 31.2 Å². The molecule has 11 N–H and O–H groups in total. The molecule has 1 rings (SSSR count). The van der Waals surface area contributed by atoms with Crippen LogP contribution in [-0.4, -0.2) is 70.5 Å². The molecule has 0 spiro atoms. The van der Waals surface area contributed by atoms with Gasteiger partial charge in [-0.1, -0.05) is 12.1 Å². The lowest BCUT2D eigenvalue weighted by Crippen LogP contribution is -2.56. The third-order valence-electron chi connectivity index (χ3n) is 5.08. The molecular formula is C22H34N6O7. The molecule has 0 aliphatic carbocycles. The SMILES string of the molecule is CC(NC(=O)C(N)CC(N)=O)C(=O)NC(CCCCN)C(=O)NC(Cc1ccc(O)cc1)C(=O)O. The van der Waals surface area contributed by atoms with Crippen LogP contribution in [0.3, 0.4) is 0 Å². The number of carbonyl (C=O) groups is 5. The highest BCUT2D eigenvalue weighted by atomic mass is 16.4. The smallest absolute Gasteiger partial charge is 0.326 e. The van der Waals surface area contributed by atoms with Gasteiger partial charge < -0.3 is 43.4 Å². The van der Waals surface area contributed by atoms with E-state index < -0.39 is 60.2 Å². The van der Waals surface area contributed by atoms with Crippen LogP contribution >= 0.6 is 0 Å². The van der Waals surface area contributed by atoms with E-state index in [0.717, 1.165) is 0 Å². The molecule has 0 aliphatic heterocycles. The highest BCUT2D eigenvalue weighted by molar-refractivity contribution is 5.94. The Kier molecular flexibility index (Phi) is 12.2. The molecule has 4 atom stereocenters. The van der Waals surface area contributed by atoms with Crippen molar-refractivity contribution in [2.24, 2.45) is 17.2 Å². The number of hydrogen-bond donors (Lipinski definition) is 8. The van der Waals surface area contributed by atoms with E-state index in [1.807, 2.05) is 0 Å². The lowest BCUT2D eigenvalue weighted by Gasteiger charge is -2.24. The first-order chi connectivity index (χ1) is 16.4. The van der Waals surface area contributed by atoms with Crippen molar-refractivity contribution in [2.45, 2.75) is 63.2 Å². The quantitative estimate of drug-likeness (QED) is 0.123. The van der Waals surface area contributed by atoms with Gasteiger partial charge >= 0.3 is 5.97 Å². The number of carboxylic acid groups (broad SMARTS) is 1. The zero-order valence-corrected chi connectivity index (χ0v) is 19.5. The summed E-state index contributed by atoms with van der Waals surface area (Å²) in [5.41, 5.74) is 16.6. The summed E-state index contributed by atoms with van der Waals surface area (Å²) in [4.78, 5) is 60.2. The van der Waals surface area contributed by atoms with E-state index in [0.29, 0.717) is 24.9 Å². The fourth-order valence-electron chi connectivity index (χ4n) is 3.09. The predicted octanol–water partition coefficient (Wildman–Crippen LogP) is -2.17. The van der Waals surface area contributed by atoms with Crippen LogP contribution in [-0.2, 0) is 30.4 Å². The van der Waals surface area contributed by atoms with Crippen LogP contribution in [0.25, 0.3) is 0 Å². The number of phenolic OH excluding ortho intramolecular Hbond substituents is 1. The van der Waals surface area contributed by atoms with Gasteiger partial charge in [-0.05, 0) is 50.4 Å². The predicted molar refractivity (Wildman–Crippen MR) is 126 cm³/mol. The molecule has 0 bridgehead atoms. The van der Waals surface area contributed by atoms with Crippen LogP contribution in [0.15, 0.2) is 24.3 Å². The van der Waals surface area contributed by atoms with Gasteiger partial charge in [0.2, 0.25) is 23.6 Å². The van der Waals surface area contributed by atoms with Crippen molar-refractivity contribution in [1.82, 2.24) is 16.0 Å². The van der Waals surface area contributed by atoms with Gasteiger partial charge in [0.25, 0.3) is 0 Å². The zero-order chi connectivity index (χ0) is 26.5. The van der Waals surface area contributed by atoms with E-state index in [4.69, 9.17) is 17.2 Å². The van der Waals surface area contributed by atoms with Crippen LogP contribution in [0.2, 0.25) is 0 Å². The molecule has 1 aromatic rings. The number of phenols is 1. The van der Waals surface area contributed by atoms with Crippen molar-refractivity contribution in [2.75, 3.05) is 6.54 Å². The maximum Gasteiger partial charge on any atom is 0.326 e. The van der Waals surface area contributed by atoms with E-state index in [1.54, 1.807) is 0 Å². The average Bonchev–Trinajstić information content (AvgIpc) is 2.78. The second-order valence-electron chi connectivity index (χ2n) is 8.12. The van der Waals surface area contributed by atoms with Gasteiger partial charge in [-0.25, -0.2) is 4.79 Å². The fourth-order valence-corrected chi connectivity index (χ4v) is 3.09. The van der Waals surface area contributed by atoms with E-state index >= 15 is 0 Å². The second-order valence-corrected chi connectivity index (χ2v) is 8.12. The number of aliphatic carboxylic acids is 1. The number of rotatable bonds is 15. The zero-order valence-electron chi connectivity index (χ0n) is 19.5. The van der Waals surface area contributed by atoms with Gasteiger partial charge in [0, 0.05) is 6.42 Å². The number of primary amides is 1. The van der Waals surface area contributed by atoms with Crippen LogP contribution in [0.1, 0.15) is 38.2 Å². The number of carbonyl (C=O) groups excluding carboxylic acids is 4. The van der Waals surface area contributed by atoms with Crippen molar-refractivity contribution in [1.29, 1.82) is 0 Å². The summed E-state index contributed by atoms with van der Waals surface area (Å²) in [6, 6.07) is 1.16. The summed E-state index contributed by atoms with van der Waals surface area (Å²) in [5.74, 6) is -4.22. The van der Waals surface area contributed by atoms with Crippen molar-refractivity contribution in [3.8, 4) is 5.75 Å². The van der Waals surface area contributed by atoms with Gasteiger partial charge in [-0.2, -0.15) is 0 Å². The summed E-state index contributed by atoms with van der Waals surface area (Å²) in [6.07, 6.45) is 0.789. The molecule has 13 nitrogen and oxygen atoms in total. The number of hydrogen-bond acceptors (Lipinski definition) is 8. The number of aromatic hydroxyl groups is 1. The normalized spacial score (nSPS) is 14.1. The molecule has 0 saturated heterocycles. The molecular weight excluding hydrogens is 460 g/mol. The lowest BCUT2D eigenvalue weighted by atomic mass is 10.0. The van der Waals surface area contributed by atoms with Crippen LogP contribution < -0.4 is 33.2 Å². The third kappa shape index (κ3) is 10.8. The van der Waals surface area contributed by atoms with Crippen LogP contribution in [0, 0.1) is 0 Å². The number of nitrogens with two attached hydrogens (primary N) is 3. The highest BCUT2D eigenvalue weighted by Gasteiger charge is 2.29. The van der Waals surface area contributed by atoms with Crippen LogP contribution in [0.5, 0.6) is 5.75 Å². The Hall–Kier alpha value is -3.71. The maximum absolute atomic E-state index is 12.9. The number of unbranched alkanes of at least 4 members (excludes halogenated alkanes) is 1. The number of amides is 4. The molecule has 0 aliphatic rings. The largest absolute Gasteiger partial charge is 0.508 e. The number of carboxylic acids is 1. The lowest BCUT2D eigenvalue weighted by molar-refractivity contribution is -0.142. The molecule has 4 amide bonds. The van der Waals surface area contributed by atoms with Gasteiger partial charge in [0.1, 0.15) is 23.9 Å². The Labute approximate surface area is 202 Å². The van der Waals surface area contributed by atoms with Crippen molar-refractivity contribution in [3.05, 3.63) is 29.8 Å². The van der Waals surface area contributed by atoms with Crippen molar-refractivity contribution in [3.63, 3.8) is 0 Å². The summed E-state index contributed by atoms with van der Waals surface area (Å²) < 4.78 is 0. The maximum atomic E-state index is 12.9. The molecule has 0 heterocycles. The molecule has 0 aromatic heterocycles. The Bertz CT molecular complexity index is 893. The Morgan fingerprint density at radius 1 is 0.914 bits per heavy atom. The first kappa shape index (κ1) is 29.3. The minimum absolute atomic E-state index is 0.0177. The van der Waals surface area contributed by atoms with E-state index in [2.05, 4.69) is 16.0 Å². The van der Waals surface area contributed by atoms with E-state index in [-0.39, 0.29) is 18.6 Å². The summed E-state index contributed by atoms with van der Waals surface area (Å²) in [6.45, 7) is 1.73. The molecule has 0 saturated carbocycles. The first-order valence-corrected chi connectivity index (χ1v) is 11.1. The van der Waals surface area contributed by atoms with Crippen molar-refractivity contribution < 1.29 is 34.2 Å². The summed E-state index contributed by atoms with van der Waals surface area (Å²) >= 11 is 0. The number of benzene rings is 1. The number of nitrogens with one attached hydrogen (secondary N) is 3. The van der Waals surface area contributed by atoms with Crippen LogP contribution in [0.4, 0.5) is 0 Å². The Morgan fingerprint density at radius 2 is 1.51 bits per heavy atom. The Balaban J connectivity index is 2.86. The third-order valence-corrected chi connectivity index (χ3v) is 5.08. The molecule has 35 heavy (non-hydrogen) atoms. The molecule has 4 unspecified atom stereocenters. The van der Waals surface area contributed by atoms with Gasteiger partial charge in [-0.3, -0.25) is 19.2 Å². The molecule has 13 heteroatoms. The second kappa shape index (κ2) is 14.5. The fraction of sp³-hybridized carbons (Fsp3) is 0.500. The van der Waals surface area contributed by atoms with Gasteiger partial charge in [-0.15, -0.1) is 0 Å². The van der Waals surface area contributed by atoms with Crippen molar-refractivity contribution >= 4 is 29.6 Å². The molecule has 0 fully saturated rings. The average molecular weight is 495 g/mol. The Morgan fingerprint density at radius 3 is 2.06 bits per heavy atom. The summed E-state index contributed by atoms with van der Waals surface area (Å²) in [7, 11) is 0. The van der Waals surface area contributed by atoms with Gasteiger partial charge in [0.15, 0.2) is 0 Å². The minimum Gasteiger partial charge on any atom is -0.508 e. The standard InChI is InChI=1S/C22H34N6O7/c1-12(26-20(32)15(24)11-18(25)30)19(31)27-16(4-2-3-9-23)21(33)28-17(22(34)35)10-13-5-7-14(29)8-6-13/h5-8,12,15-17,29H,2-4,9-11,23-24H2,1H3,(H2,25,30)(H,26,32)(H,27,31)(H,28,33)(H,34,35). The van der Waals surface area contributed by atoms with E-state index in [9.17, 15) is 34.2 Å². The summed E-state index contributed by atoms with van der Waals surface area (Å²) in [5, 5.41) is 26.2. The topological polar surface area (TPSA) is 240 Å². The minimum atomic E-state index is -1.29. The molecule has 1 aromatic carbocycles.